The molecule has 1 aromatic carbocycles. The normalized spacial score (nSPS) is 23.6. The van der Waals surface area contributed by atoms with Crippen LogP contribution < -0.4 is 5.32 Å². The van der Waals surface area contributed by atoms with Crippen molar-refractivity contribution < 1.29 is 4.79 Å². The molecule has 1 N–H and O–H groups in total. The maximum absolute atomic E-state index is 12.1. The number of carbonyl (C=O) groups excluding carboxylic acids is 1. The van der Waals surface area contributed by atoms with Crippen molar-refractivity contribution in [2.45, 2.75) is 32.1 Å². The van der Waals surface area contributed by atoms with Gasteiger partial charge in [-0.15, -0.1) is 11.6 Å². The Morgan fingerprint density at radius 2 is 2.29 bits per heavy atom. The maximum Gasteiger partial charge on any atom is 0.227 e. The van der Waals surface area contributed by atoms with E-state index in [0.29, 0.717) is 11.8 Å². The Morgan fingerprint density at radius 3 is 2.94 bits per heavy atom. The summed E-state index contributed by atoms with van der Waals surface area (Å²) in [5, 5.41) is 2.99. The van der Waals surface area contributed by atoms with Crippen molar-refractivity contribution >= 4 is 23.2 Å². The molecule has 0 aliphatic heterocycles. The number of anilines is 1. The second-order valence-electron chi connectivity index (χ2n) is 4.84. The third kappa shape index (κ3) is 3.01. The number of carbonyl (C=O) groups is 1. The lowest BCUT2D eigenvalue weighted by Crippen LogP contribution is -2.24. The molecule has 2 atom stereocenters. The standard InChI is InChI=1S/C14H18ClNO/c1-10-4-2-7-13(10)14(17)16-12-6-3-5-11(8-12)9-15/h3,5-6,8,10,13H,2,4,7,9H2,1H3,(H,16,17). The smallest absolute Gasteiger partial charge is 0.227 e. The van der Waals surface area contributed by atoms with Gasteiger partial charge in [0.15, 0.2) is 0 Å². The van der Waals surface area contributed by atoms with E-state index in [1.807, 2.05) is 24.3 Å². The molecule has 1 amide bonds. The van der Waals surface area contributed by atoms with Gasteiger partial charge < -0.3 is 5.32 Å². The summed E-state index contributed by atoms with van der Waals surface area (Å²) in [6, 6.07) is 7.73. The van der Waals surface area contributed by atoms with Crippen LogP contribution in [0.2, 0.25) is 0 Å². The average molecular weight is 252 g/mol. The Balaban J connectivity index is 2.02. The minimum atomic E-state index is 0.154. The highest BCUT2D eigenvalue weighted by molar-refractivity contribution is 6.17. The van der Waals surface area contributed by atoms with Crippen LogP contribution in [0, 0.1) is 11.8 Å². The second kappa shape index (κ2) is 5.54. The van der Waals surface area contributed by atoms with Gasteiger partial charge in [-0.3, -0.25) is 4.79 Å². The predicted molar refractivity (Wildman–Crippen MR) is 71.1 cm³/mol. The van der Waals surface area contributed by atoms with Crippen LogP contribution in [0.15, 0.2) is 24.3 Å². The molecule has 0 spiro atoms. The minimum Gasteiger partial charge on any atom is -0.326 e. The van der Waals surface area contributed by atoms with Gasteiger partial charge in [0, 0.05) is 17.5 Å². The van der Waals surface area contributed by atoms with Gasteiger partial charge in [-0.1, -0.05) is 25.5 Å². The van der Waals surface area contributed by atoms with Crippen molar-refractivity contribution in [3.8, 4) is 0 Å². The van der Waals surface area contributed by atoms with E-state index in [2.05, 4.69) is 12.2 Å². The molecule has 1 aromatic rings. The molecule has 92 valence electrons. The molecule has 0 saturated heterocycles. The molecule has 1 saturated carbocycles. The second-order valence-corrected chi connectivity index (χ2v) is 5.11. The summed E-state index contributed by atoms with van der Waals surface area (Å²) in [7, 11) is 0. The minimum absolute atomic E-state index is 0.154. The van der Waals surface area contributed by atoms with Crippen LogP contribution in [0.4, 0.5) is 5.69 Å². The summed E-state index contributed by atoms with van der Waals surface area (Å²) in [5.74, 6) is 1.31. The highest BCUT2D eigenvalue weighted by atomic mass is 35.5. The van der Waals surface area contributed by atoms with Crippen LogP contribution in [0.3, 0.4) is 0 Å². The molecule has 1 aliphatic carbocycles. The van der Waals surface area contributed by atoms with Crippen LogP contribution in [0.1, 0.15) is 31.7 Å². The number of benzene rings is 1. The average Bonchev–Trinajstić information content (AvgIpc) is 2.76. The zero-order valence-corrected chi connectivity index (χ0v) is 10.8. The molecule has 2 unspecified atom stereocenters. The van der Waals surface area contributed by atoms with Crippen molar-refractivity contribution in [2.75, 3.05) is 5.32 Å². The van der Waals surface area contributed by atoms with Crippen LogP contribution in [0.25, 0.3) is 0 Å². The Bertz CT molecular complexity index is 405. The zero-order valence-electron chi connectivity index (χ0n) is 10.1. The van der Waals surface area contributed by atoms with E-state index in [4.69, 9.17) is 11.6 Å². The molecule has 1 aliphatic rings. The van der Waals surface area contributed by atoms with Crippen LogP contribution in [-0.2, 0) is 10.7 Å². The Labute approximate surface area is 107 Å². The Kier molecular flexibility index (Phi) is 4.06. The first-order valence-corrected chi connectivity index (χ1v) is 6.70. The fourth-order valence-corrected chi connectivity index (χ4v) is 2.67. The van der Waals surface area contributed by atoms with Crippen LogP contribution in [-0.4, -0.2) is 5.91 Å². The van der Waals surface area contributed by atoms with Crippen molar-refractivity contribution in [1.82, 2.24) is 0 Å². The first kappa shape index (κ1) is 12.4. The fraction of sp³-hybridized carbons (Fsp3) is 0.500. The van der Waals surface area contributed by atoms with Gasteiger partial charge in [-0.05, 0) is 36.5 Å². The number of halogens is 1. The van der Waals surface area contributed by atoms with E-state index in [1.54, 1.807) is 0 Å². The quantitative estimate of drug-likeness (QED) is 0.814. The van der Waals surface area contributed by atoms with Gasteiger partial charge in [-0.25, -0.2) is 0 Å². The molecule has 2 rings (SSSR count). The van der Waals surface area contributed by atoms with E-state index in [1.165, 1.54) is 12.8 Å². The summed E-state index contributed by atoms with van der Waals surface area (Å²) >= 11 is 5.77. The molecule has 0 aromatic heterocycles. The van der Waals surface area contributed by atoms with Gasteiger partial charge in [0.1, 0.15) is 0 Å². The molecule has 1 fully saturated rings. The maximum atomic E-state index is 12.1. The number of nitrogens with one attached hydrogen (secondary N) is 1. The lowest BCUT2D eigenvalue weighted by atomic mass is 9.97. The van der Waals surface area contributed by atoms with Crippen molar-refractivity contribution in [1.29, 1.82) is 0 Å². The summed E-state index contributed by atoms with van der Waals surface area (Å²) < 4.78 is 0. The summed E-state index contributed by atoms with van der Waals surface area (Å²) in [6.45, 7) is 2.16. The number of amides is 1. The van der Waals surface area contributed by atoms with E-state index in [9.17, 15) is 4.79 Å². The molecule has 0 bridgehead atoms. The summed E-state index contributed by atoms with van der Waals surface area (Å²) in [4.78, 5) is 12.1. The molecule has 3 heteroatoms. The lowest BCUT2D eigenvalue weighted by molar-refractivity contribution is -0.120. The third-order valence-corrected chi connectivity index (χ3v) is 3.86. The van der Waals surface area contributed by atoms with Gasteiger partial charge in [-0.2, -0.15) is 0 Å². The highest BCUT2D eigenvalue weighted by Gasteiger charge is 2.29. The first-order valence-electron chi connectivity index (χ1n) is 6.16. The fourth-order valence-electron chi connectivity index (χ4n) is 2.50. The van der Waals surface area contributed by atoms with Gasteiger partial charge in [0.05, 0.1) is 0 Å². The number of hydrogen-bond acceptors (Lipinski definition) is 1. The lowest BCUT2D eigenvalue weighted by Gasteiger charge is -2.15. The Morgan fingerprint density at radius 1 is 1.47 bits per heavy atom. The molecule has 17 heavy (non-hydrogen) atoms. The SMILES string of the molecule is CC1CCCC1C(=O)Nc1cccc(CCl)c1. The van der Waals surface area contributed by atoms with Gasteiger partial charge in [0.25, 0.3) is 0 Å². The number of alkyl halides is 1. The monoisotopic (exact) mass is 251 g/mol. The van der Waals surface area contributed by atoms with E-state index >= 15 is 0 Å². The van der Waals surface area contributed by atoms with Crippen molar-refractivity contribution in [3.05, 3.63) is 29.8 Å². The molecular weight excluding hydrogens is 234 g/mol. The third-order valence-electron chi connectivity index (χ3n) is 3.55. The van der Waals surface area contributed by atoms with E-state index in [-0.39, 0.29) is 11.8 Å². The van der Waals surface area contributed by atoms with Crippen LogP contribution in [0.5, 0.6) is 0 Å². The number of hydrogen-bond donors (Lipinski definition) is 1. The molecular formula is C14H18ClNO. The zero-order chi connectivity index (χ0) is 12.3. The number of rotatable bonds is 3. The summed E-state index contributed by atoms with van der Waals surface area (Å²) in [6.07, 6.45) is 3.35. The van der Waals surface area contributed by atoms with Gasteiger partial charge in [0.2, 0.25) is 5.91 Å². The van der Waals surface area contributed by atoms with Crippen LogP contribution >= 0.6 is 11.6 Å². The van der Waals surface area contributed by atoms with Crippen molar-refractivity contribution in [2.24, 2.45) is 11.8 Å². The molecule has 0 radical (unpaired) electrons. The topological polar surface area (TPSA) is 29.1 Å². The molecule has 2 nitrogen and oxygen atoms in total. The van der Waals surface area contributed by atoms with Gasteiger partial charge >= 0.3 is 0 Å². The first-order chi connectivity index (χ1) is 8.20. The van der Waals surface area contributed by atoms with E-state index in [0.717, 1.165) is 17.7 Å². The predicted octanol–water partition coefficient (Wildman–Crippen LogP) is 3.80. The highest BCUT2D eigenvalue weighted by Crippen LogP contribution is 2.32. The van der Waals surface area contributed by atoms with E-state index < -0.39 is 0 Å². The molecule has 0 heterocycles. The Hall–Kier alpha value is -1.02. The largest absolute Gasteiger partial charge is 0.326 e. The summed E-state index contributed by atoms with van der Waals surface area (Å²) in [5.41, 5.74) is 1.89. The van der Waals surface area contributed by atoms with Crippen molar-refractivity contribution in [3.63, 3.8) is 0 Å².